The number of carbonyl (C=O) groups excluding carboxylic acids is 1. The fourth-order valence-electron chi connectivity index (χ4n) is 1.31. The first-order valence-corrected chi connectivity index (χ1v) is 4.29. The van der Waals surface area contributed by atoms with Crippen LogP contribution >= 0.6 is 0 Å². The van der Waals surface area contributed by atoms with E-state index in [9.17, 15) is 4.79 Å². The molecular weight excluding hydrogens is 138 g/mol. The van der Waals surface area contributed by atoms with Gasteiger partial charge in [0.05, 0.1) is 0 Å². The maximum atomic E-state index is 10.1. The Morgan fingerprint density at radius 2 is 1.64 bits per heavy atom. The highest BCUT2D eigenvalue weighted by Crippen LogP contribution is 2.04. The lowest BCUT2D eigenvalue weighted by molar-refractivity contribution is -0.108. The van der Waals surface area contributed by atoms with Gasteiger partial charge in [0.1, 0.15) is 6.29 Å². The van der Waals surface area contributed by atoms with E-state index in [0.717, 1.165) is 12.8 Å². The Balaban J connectivity index is 3.79. The summed E-state index contributed by atoms with van der Waals surface area (Å²) in [6.07, 6.45) is 1.63. The molecule has 0 atom stereocenters. The molecule has 0 heterocycles. The van der Waals surface area contributed by atoms with Gasteiger partial charge in [-0.15, -0.1) is 0 Å². The quantitative estimate of drug-likeness (QED) is 0.566. The smallest absolute Gasteiger partial charge is 0.121 e. The highest BCUT2D eigenvalue weighted by molar-refractivity contribution is 5.49. The Morgan fingerprint density at radius 1 is 1.18 bits per heavy atom. The number of rotatable bonds is 5. The summed E-state index contributed by atoms with van der Waals surface area (Å²) >= 11 is 0. The summed E-state index contributed by atoms with van der Waals surface area (Å²) < 4.78 is 0. The van der Waals surface area contributed by atoms with Crippen molar-refractivity contribution >= 4 is 6.29 Å². The van der Waals surface area contributed by atoms with Gasteiger partial charge in [-0.25, -0.2) is 0 Å². The van der Waals surface area contributed by atoms with Crippen molar-refractivity contribution in [3.05, 3.63) is 0 Å². The average molecular weight is 157 g/mol. The number of hydrogen-bond donors (Lipinski definition) is 0. The first kappa shape index (κ1) is 10.6. The zero-order valence-corrected chi connectivity index (χ0v) is 8.00. The van der Waals surface area contributed by atoms with Gasteiger partial charge in [-0.2, -0.15) is 0 Å². The van der Waals surface area contributed by atoms with Crippen LogP contribution in [0, 0.1) is 0 Å². The first-order chi connectivity index (χ1) is 5.09. The summed E-state index contributed by atoms with van der Waals surface area (Å²) in [7, 11) is 0. The summed E-state index contributed by atoms with van der Waals surface area (Å²) in [5.41, 5.74) is 0. The number of carbonyl (C=O) groups is 1. The SMILES string of the molecule is CC(C)N(CCC=O)C(C)C. The van der Waals surface area contributed by atoms with Gasteiger partial charge in [-0.05, 0) is 27.7 Å². The van der Waals surface area contributed by atoms with Crippen LogP contribution in [0.3, 0.4) is 0 Å². The zero-order chi connectivity index (χ0) is 8.85. The van der Waals surface area contributed by atoms with Gasteiger partial charge in [0, 0.05) is 25.0 Å². The molecule has 2 heteroatoms. The summed E-state index contributed by atoms with van der Waals surface area (Å²) in [6, 6.07) is 1.07. The van der Waals surface area contributed by atoms with Crippen LogP contribution < -0.4 is 0 Å². The van der Waals surface area contributed by atoms with Gasteiger partial charge in [-0.3, -0.25) is 4.90 Å². The lowest BCUT2D eigenvalue weighted by Gasteiger charge is -2.29. The molecular formula is C9H19NO. The molecule has 0 amide bonds. The summed E-state index contributed by atoms with van der Waals surface area (Å²) in [6.45, 7) is 9.52. The monoisotopic (exact) mass is 157 g/mol. The van der Waals surface area contributed by atoms with E-state index in [1.54, 1.807) is 0 Å². The molecule has 0 saturated carbocycles. The van der Waals surface area contributed by atoms with Crippen molar-refractivity contribution in [1.29, 1.82) is 0 Å². The average Bonchev–Trinajstić information content (AvgIpc) is 1.87. The molecule has 0 aromatic carbocycles. The lowest BCUT2D eigenvalue weighted by atomic mass is 10.2. The number of hydrogen-bond acceptors (Lipinski definition) is 2. The van der Waals surface area contributed by atoms with Gasteiger partial charge in [0.15, 0.2) is 0 Å². The third-order valence-electron chi connectivity index (χ3n) is 1.83. The Hall–Kier alpha value is -0.370. The minimum Gasteiger partial charge on any atom is -0.303 e. The molecule has 0 spiro atoms. The maximum absolute atomic E-state index is 10.1. The van der Waals surface area contributed by atoms with Crippen molar-refractivity contribution in [3.8, 4) is 0 Å². The highest BCUT2D eigenvalue weighted by Gasteiger charge is 2.11. The number of nitrogens with zero attached hydrogens (tertiary/aromatic N) is 1. The molecule has 0 aliphatic carbocycles. The zero-order valence-electron chi connectivity index (χ0n) is 8.00. The van der Waals surface area contributed by atoms with Crippen LogP contribution in [0.5, 0.6) is 0 Å². The Bertz CT molecular complexity index is 102. The molecule has 0 aromatic heterocycles. The van der Waals surface area contributed by atoms with E-state index in [-0.39, 0.29) is 0 Å². The van der Waals surface area contributed by atoms with E-state index >= 15 is 0 Å². The summed E-state index contributed by atoms with van der Waals surface area (Å²) in [4.78, 5) is 12.4. The van der Waals surface area contributed by atoms with Crippen LogP contribution in [0.2, 0.25) is 0 Å². The molecule has 0 aromatic rings. The molecule has 0 aliphatic rings. The minimum absolute atomic E-state index is 0.537. The van der Waals surface area contributed by atoms with Gasteiger partial charge in [-0.1, -0.05) is 0 Å². The molecule has 0 bridgehead atoms. The van der Waals surface area contributed by atoms with Crippen LogP contribution in [-0.2, 0) is 4.79 Å². The van der Waals surface area contributed by atoms with Gasteiger partial charge in [0.25, 0.3) is 0 Å². The maximum Gasteiger partial charge on any atom is 0.121 e. The highest BCUT2D eigenvalue weighted by atomic mass is 16.1. The van der Waals surface area contributed by atoms with Crippen molar-refractivity contribution in [2.75, 3.05) is 6.54 Å². The standard InChI is InChI=1S/C9H19NO/c1-8(2)10(9(3)4)6-5-7-11/h7-9H,5-6H2,1-4H3. The van der Waals surface area contributed by atoms with E-state index in [4.69, 9.17) is 0 Å². The third-order valence-corrected chi connectivity index (χ3v) is 1.83. The Morgan fingerprint density at radius 3 is 1.91 bits per heavy atom. The number of aldehydes is 1. The molecule has 0 unspecified atom stereocenters. The van der Waals surface area contributed by atoms with E-state index in [2.05, 4.69) is 32.6 Å². The van der Waals surface area contributed by atoms with E-state index in [1.165, 1.54) is 0 Å². The molecule has 2 nitrogen and oxygen atoms in total. The van der Waals surface area contributed by atoms with E-state index in [0.29, 0.717) is 18.5 Å². The molecule has 0 aliphatic heterocycles. The van der Waals surface area contributed by atoms with Crippen LogP contribution in [0.1, 0.15) is 34.1 Å². The van der Waals surface area contributed by atoms with Crippen LogP contribution in [-0.4, -0.2) is 29.8 Å². The van der Waals surface area contributed by atoms with Crippen molar-refractivity contribution in [3.63, 3.8) is 0 Å². The predicted molar refractivity (Wildman–Crippen MR) is 47.7 cm³/mol. The summed E-state index contributed by atoms with van der Waals surface area (Å²) in [5.74, 6) is 0. The van der Waals surface area contributed by atoms with E-state index in [1.807, 2.05) is 0 Å². The van der Waals surface area contributed by atoms with Crippen LogP contribution in [0.15, 0.2) is 0 Å². The molecule has 0 rings (SSSR count). The molecule has 0 N–H and O–H groups in total. The van der Waals surface area contributed by atoms with Crippen molar-refractivity contribution in [2.45, 2.75) is 46.2 Å². The Kier molecular flexibility index (Phi) is 5.12. The second-order valence-electron chi connectivity index (χ2n) is 3.38. The first-order valence-electron chi connectivity index (χ1n) is 4.29. The van der Waals surface area contributed by atoms with Gasteiger partial charge < -0.3 is 4.79 Å². The second kappa shape index (κ2) is 5.30. The lowest BCUT2D eigenvalue weighted by Crippen LogP contribution is -2.37. The largest absolute Gasteiger partial charge is 0.303 e. The molecule has 0 saturated heterocycles. The minimum atomic E-state index is 0.537. The van der Waals surface area contributed by atoms with Crippen molar-refractivity contribution in [1.82, 2.24) is 4.90 Å². The topological polar surface area (TPSA) is 20.3 Å². The fourth-order valence-corrected chi connectivity index (χ4v) is 1.31. The van der Waals surface area contributed by atoms with Gasteiger partial charge >= 0.3 is 0 Å². The van der Waals surface area contributed by atoms with Crippen LogP contribution in [0.4, 0.5) is 0 Å². The van der Waals surface area contributed by atoms with E-state index < -0.39 is 0 Å². The van der Waals surface area contributed by atoms with Crippen molar-refractivity contribution < 1.29 is 4.79 Å². The molecule has 0 fully saturated rings. The van der Waals surface area contributed by atoms with Gasteiger partial charge in [0.2, 0.25) is 0 Å². The second-order valence-corrected chi connectivity index (χ2v) is 3.38. The third kappa shape index (κ3) is 4.14. The molecule has 0 radical (unpaired) electrons. The predicted octanol–water partition coefficient (Wildman–Crippen LogP) is 1.69. The van der Waals surface area contributed by atoms with Crippen molar-refractivity contribution in [2.24, 2.45) is 0 Å². The Labute approximate surface area is 69.6 Å². The molecule has 11 heavy (non-hydrogen) atoms. The normalized spacial score (nSPS) is 11.5. The molecule has 66 valence electrons. The summed E-state index contributed by atoms with van der Waals surface area (Å²) in [5, 5.41) is 0. The fraction of sp³-hybridized carbons (Fsp3) is 0.889. The van der Waals surface area contributed by atoms with Crippen LogP contribution in [0.25, 0.3) is 0 Å².